The molecule has 2 atom stereocenters. The molecule has 5 aromatic rings. The quantitative estimate of drug-likeness (QED) is 0.0387. The maximum atomic E-state index is 13.6. The second-order valence-corrected chi connectivity index (χ2v) is 16.2. The number of aromatic hydroxyl groups is 1. The number of aliphatic hydroxyl groups is 1. The number of benzene rings is 3. The molecule has 0 saturated carbocycles. The van der Waals surface area contributed by atoms with Crippen molar-refractivity contribution in [3.8, 4) is 5.75 Å². The molecule has 12 heteroatoms. The zero-order valence-corrected chi connectivity index (χ0v) is 33.5. The molecule has 0 amide bonds. The smallest absolute Gasteiger partial charge is 0.331 e. The average Bonchev–Trinajstić information content (AvgIpc) is 3.87. The number of aromatic amines is 1. The minimum atomic E-state index is -0.837. The Morgan fingerprint density at radius 3 is 2.54 bits per heavy atom. The van der Waals surface area contributed by atoms with Crippen molar-refractivity contribution < 1.29 is 24.5 Å². The van der Waals surface area contributed by atoms with E-state index in [9.17, 15) is 24.6 Å². The number of phenols is 1. The third-order valence-electron chi connectivity index (χ3n) is 11.0. The van der Waals surface area contributed by atoms with Crippen LogP contribution in [-0.2, 0) is 34.6 Å². The summed E-state index contributed by atoms with van der Waals surface area (Å²) < 4.78 is 6.02. The van der Waals surface area contributed by atoms with Crippen LogP contribution in [-0.4, -0.2) is 78.7 Å². The normalized spacial score (nSPS) is 17.4. The van der Waals surface area contributed by atoms with Gasteiger partial charge in [0.1, 0.15) is 11.3 Å². The third-order valence-corrected chi connectivity index (χ3v) is 12.0. The van der Waals surface area contributed by atoms with E-state index < -0.39 is 11.6 Å². The Bertz CT molecular complexity index is 2110. The molecule has 11 nitrogen and oxygen atoms in total. The Kier molecular flexibility index (Phi) is 15.2. The lowest BCUT2D eigenvalue weighted by Crippen LogP contribution is -2.48. The van der Waals surface area contributed by atoms with E-state index in [0.717, 1.165) is 81.6 Å². The van der Waals surface area contributed by atoms with Gasteiger partial charge in [0.15, 0.2) is 6.29 Å². The standard InChI is InChI=1S/C29H32N2O3S.C16H23N3O3/c32-20-26-11-10-25(35-26)18-30-29(15-12-24-8-4-5-9-27(24)29)28(33)34-21-23-13-16-31(17-14-23)19-22-6-2-1-3-7-22;1-17-8-2-3-9-18-10-14(21)11-4-6-13(20)16-12(11)5-7-15(22)19-16/h1-11,20,23,30H,12-19,21H2;4-7,14,17-18,20-21H,2-3,8-10H2,1H3,(H,19,22). The van der Waals surface area contributed by atoms with Gasteiger partial charge in [-0.25, -0.2) is 4.79 Å². The predicted molar refractivity (Wildman–Crippen MR) is 226 cm³/mol. The number of nitrogens with zero attached hydrogens (tertiary/aromatic N) is 1. The zero-order chi connectivity index (χ0) is 40.0. The summed E-state index contributed by atoms with van der Waals surface area (Å²) in [6.45, 7) is 6.29. The number of pyridine rings is 1. The Morgan fingerprint density at radius 1 is 1.00 bits per heavy atom. The highest BCUT2D eigenvalue weighted by atomic mass is 32.1. The summed E-state index contributed by atoms with van der Waals surface area (Å²) in [4.78, 5) is 42.9. The molecule has 1 aliphatic heterocycles. The summed E-state index contributed by atoms with van der Waals surface area (Å²) in [5.41, 5.74) is 3.50. The molecule has 1 aliphatic carbocycles. The number of aldehydes is 1. The van der Waals surface area contributed by atoms with Gasteiger partial charge in [-0.2, -0.15) is 0 Å². The maximum Gasteiger partial charge on any atom is 0.331 e. The van der Waals surface area contributed by atoms with E-state index in [1.165, 1.54) is 34.6 Å². The summed E-state index contributed by atoms with van der Waals surface area (Å²) in [6.07, 6.45) is 5.92. The van der Waals surface area contributed by atoms with Crippen molar-refractivity contribution in [2.75, 3.05) is 46.4 Å². The Morgan fingerprint density at radius 2 is 1.77 bits per heavy atom. The van der Waals surface area contributed by atoms with Gasteiger partial charge in [-0.1, -0.05) is 60.7 Å². The van der Waals surface area contributed by atoms with E-state index in [4.69, 9.17) is 4.74 Å². The number of piperidine rings is 1. The summed E-state index contributed by atoms with van der Waals surface area (Å²) in [7, 11) is 1.93. The fourth-order valence-corrected chi connectivity index (χ4v) is 8.56. The van der Waals surface area contributed by atoms with Crippen molar-refractivity contribution in [2.24, 2.45) is 5.92 Å². The van der Waals surface area contributed by atoms with Crippen LogP contribution < -0.4 is 21.5 Å². The Hall–Kier alpha value is -4.69. The molecular formula is C45H55N5O6S. The fraction of sp³-hybridized carbons (Fsp3) is 0.400. The molecule has 0 spiro atoms. The lowest BCUT2D eigenvalue weighted by Gasteiger charge is -2.33. The first-order valence-corrected chi connectivity index (χ1v) is 20.8. The first-order chi connectivity index (χ1) is 27.8. The van der Waals surface area contributed by atoms with Crippen molar-refractivity contribution in [1.29, 1.82) is 0 Å². The van der Waals surface area contributed by atoms with Crippen molar-refractivity contribution in [3.63, 3.8) is 0 Å². The number of esters is 1. The number of ether oxygens (including phenoxy) is 1. The van der Waals surface area contributed by atoms with E-state index in [1.807, 2.05) is 37.4 Å². The third kappa shape index (κ3) is 11.0. The van der Waals surface area contributed by atoms with E-state index in [2.05, 4.69) is 62.2 Å². The van der Waals surface area contributed by atoms with E-state index in [1.54, 1.807) is 12.1 Å². The topological polar surface area (TPSA) is 156 Å². The highest BCUT2D eigenvalue weighted by molar-refractivity contribution is 7.13. The molecule has 2 aliphatic rings. The first kappa shape index (κ1) is 41.9. The van der Waals surface area contributed by atoms with Gasteiger partial charge in [0.25, 0.3) is 0 Å². The minimum Gasteiger partial charge on any atom is -0.506 e. The van der Waals surface area contributed by atoms with Crippen LogP contribution in [0.3, 0.4) is 0 Å². The number of hydrogen-bond acceptors (Lipinski definition) is 11. The van der Waals surface area contributed by atoms with Gasteiger partial charge < -0.3 is 30.6 Å². The number of aliphatic hydroxyl groups excluding tert-OH is 1. The van der Waals surface area contributed by atoms with Gasteiger partial charge in [0.05, 0.1) is 23.1 Å². The first-order valence-electron chi connectivity index (χ1n) is 20.0. The monoisotopic (exact) mass is 793 g/mol. The molecule has 2 unspecified atom stereocenters. The predicted octanol–water partition coefficient (Wildman–Crippen LogP) is 5.80. The molecule has 1 fully saturated rings. The zero-order valence-electron chi connectivity index (χ0n) is 32.7. The van der Waals surface area contributed by atoms with Gasteiger partial charge in [0, 0.05) is 36.0 Å². The Labute approximate surface area is 338 Å². The largest absolute Gasteiger partial charge is 0.506 e. The van der Waals surface area contributed by atoms with E-state index in [-0.39, 0.29) is 17.3 Å². The number of phenolic OH excluding ortho intramolecular Hbond substituents is 1. The van der Waals surface area contributed by atoms with Crippen molar-refractivity contribution in [2.45, 2.75) is 63.3 Å². The highest BCUT2D eigenvalue weighted by Crippen LogP contribution is 2.39. The van der Waals surface area contributed by atoms with Crippen LogP contribution in [0.1, 0.15) is 75.0 Å². The van der Waals surface area contributed by atoms with E-state index >= 15 is 0 Å². The van der Waals surface area contributed by atoms with Gasteiger partial charge in [-0.05, 0) is 124 Å². The molecule has 1 saturated heterocycles. The Balaban J connectivity index is 0.000000215. The SMILES string of the molecule is CNCCCCNCC(O)c1ccc(O)c2[nH]c(=O)ccc12.O=Cc1ccc(CNC2(C(=O)OCC3CCN(Cc4ccccc4)CC3)CCc3ccccc32)s1. The van der Waals surface area contributed by atoms with Gasteiger partial charge in [-0.15, -0.1) is 11.3 Å². The molecule has 302 valence electrons. The second-order valence-electron chi connectivity index (χ2n) is 15.0. The van der Waals surface area contributed by atoms with Gasteiger partial charge in [0.2, 0.25) is 5.56 Å². The number of rotatable bonds is 17. The number of H-pyrrole nitrogens is 1. The highest BCUT2D eigenvalue weighted by Gasteiger charge is 2.46. The fourth-order valence-electron chi connectivity index (χ4n) is 7.79. The number of thiophene rings is 1. The van der Waals surface area contributed by atoms with Crippen LogP contribution in [0.25, 0.3) is 10.9 Å². The average molecular weight is 794 g/mol. The number of unbranched alkanes of at least 4 members (excludes halogenated alkanes) is 1. The van der Waals surface area contributed by atoms with Crippen LogP contribution in [0.2, 0.25) is 0 Å². The lowest BCUT2D eigenvalue weighted by atomic mass is 9.91. The van der Waals surface area contributed by atoms with Crippen LogP contribution in [0.5, 0.6) is 5.75 Å². The molecule has 7 rings (SSSR count). The summed E-state index contributed by atoms with van der Waals surface area (Å²) in [5.74, 6) is 0.220. The van der Waals surface area contributed by atoms with Crippen LogP contribution in [0, 0.1) is 5.92 Å². The number of carbonyl (C=O) groups is 2. The van der Waals surface area contributed by atoms with Crippen molar-refractivity contribution in [3.05, 3.63) is 133 Å². The van der Waals surface area contributed by atoms with Crippen molar-refractivity contribution in [1.82, 2.24) is 25.8 Å². The van der Waals surface area contributed by atoms with Gasteiger partial charge >= 0.3 is 5.97 Å². The molecule has 3 aromatic carbocycles. The maximum absolute atomic E-state index is 13.6. The number of nitrogens with one attached hydrogen (secondary N) is 4. The van der Waals surface area contributed by atoms with Crippen LogP contribution in [0.15, 0.2) is 95.8 Å². The number of fused-ring (bicyclic) bond motifs is 2. The summed E-state index contributed by atoms with van der Waals surface area (Å²) >= 11 is 1.46. The number of hydrogen-bond donors (Lipinski definition) is 6. The molecule has 0 bridgehead atoms. The molecule has 3 heterocycles. The number of aryl methyl sites for hydroxylation is 1. The summed E-state index contributed by atoms with van der Waals surface area (Å²) in [5, 5.41) is 30.7. The van der Waals surface area contributed by atoms with Gasteiger partial charge in [-0.3, -0.25) is 19.8 Å². The molecule has 57 heavy (non-hydrogen) atoms. The van der Waals surface area contributed by atoms with Crippen LogP contribution >= 0.6 is 11.3 Å². The lowest BCUT2D eigenvalue weighted by molar-refractivity contribution is -0.154. The molecule has 0 radical (unpaired) electrons. The molecule has 2 aromatic heterocycles. The minimum absolute atomic E-state index is 0.00340. The number of likely N-dealkylation sites (tertiary alicyclic amines) is 1. The van der Waals surface area contributed by atoms with Crippen molar-refractivity contribution >= 4 is 34.5 Å². The molecular weight excluding hydrogens is 739 g/mol. The summed E-state index contributed by atoms with van der Waals surface area (Å²) in [6, 6.07) is 28.7. The number of aromatic nitrogens is 1. The second kappa shape index (κ2) is 20.6. The van der Waals surface area contributed by atoms with E-state index in [0.29, 0.717) is 53.4 Å². The molecule has 6 N–H and O–H groups in total. The number of carbonyl (C=O) groups excluding carboxylic acids is 2. The van der Waals surface area contributed by atoms with Crippen LogP contribution in [0.4, 0.5) is 0 Å².